The Labute approximate surface area is 153 Å². The summed E-state index contributed by atoms with van der Waals surface area (Å²) in [6.07, 6.45) is 6.01. The van der Waals surface area contributed by atoms with Crippen molar-refractivity contribution in [2.75, 3.05) is 31.4 Å². The number of rotatable bonds is 5. The van der Waals surface area contributed by atoms with Crippen LogP contribution in [0.1, 0.15) is 39.5 Å². The summed E-state index contributed by atoms with van der Waals surface area (Å²) >= 11 is 0. The van der Waals surface area contributed by atoms with Gasteiger partial charge in [-0.05, 0) is 18.4 Å². The molecule has 2 aromatic rings. The van der Waals surface area contributed by atoms with E-state index in [2.05, 4.69) is 26.1 Å². The van der Waals surface area contributed by atoms with E-state index in [1.165, 1.54) is 5.57 Å². The largest absolute Gasteiger partial charge is 0.487 e. The van der Waals surface area contributed by atoms with Gasteiger partial charge in [0.15, 0.2) is 0 Å². The molecule has 2 aliphatic rings. The number of pyridine rings is 1. The van der Waals surface area contributed by atoms with Crippen molar-refractivity contribution in [1.82, 2.24) is 15.1 Å². The Kier molecular flexibility index (Phi) is 4.40. The summed E-state index contributed by atoms with van der Waals surface area (Å²) in [7, 11) is 0. The zero-order chi connectivity index (χ0) is 18.1. The van der Waals surface area contributed by atoms with Crippen LogP contribution in [-0.4, -0.2) is 41.6 Å². The molecule has 1 saturated heterocycles. The zero-order valence-corrected chi connectivity index (χ0v) is 15.5. The van der Waals surface area contributed by atoms with Crippen molar-refractivity contribution in [3.8, 4) is 17.3 Å². The average Bonchev–Trinajstić information content (AvgIpc) is 3.32. The number of ether oxygens (including phenoxy) is 2. The Morgan fingerprint density at radius 3 is 2.81 bits per heavy atom. The molecule has 0 saturated carbocycles. The third kappa shape index (κ3) is 3.72. The molecule has 4 rings (SSSR count). The van der Waals surface area contributed by atoms with Gasteiger partial charge in [-0.1, -0.05) is 32.0 Å². The van der Waals surface area contributed by atoms with Gasteiger partial charge in [0.1, 0.15) is 24.8 Å². The van der Waals surface area contributed by atoms with E-state index in [-0.39, 0.29) is 5.41 Å². The lowest BCUT2D eigenvalue weighted by Crippen LogP contribution is -2.33. The zero-order valence-electron chi connectivity index (χ0n) is 15.5. The van der Waals surface area contributed by atoms with E-state index >= 15 is 0 Å². The highest BCUT2D eigenvalue weighted by atomic mass is 16.5. The lowest BCUT2D eigenvalue weighted by atomic mass is 9.97. The first kappa shape index (κ1) is 17.0. The van der Waals surface area contributed by atoms with Crippen LogP contribution < -0.4 is 9.64 Å². The number of nitrogens with zero attached hydrogens (tertiary/aromatic N) is 4. The third-order valence-electron chi connectivity index (χ3n) is 4.35. The van der Waals surface area contributed by atoms with Crippen LogP contribution in [0.2, 0.25) is 0 Å². The molecule has 0 unspecified atom stereocenters. The molecule has 1 fully saturated rings. The van der Waals surface area contributed by atoms with E-state index in [1.54, 1.807) is 0 Å². The van der Waals surface area contributed by atoms with Crippen molar-refractivity contribution in [2.24, 2.45) is 0 Å². The standard InChI is InChI=1S/C19H24N4O3/c1-19(2,3)18-21-17(22-26-18)14-9-16(25-11-13-5-6-13)15(10-20-14)23-7-4-8-24-12-23/h5,9-10H,4,6-8,11-12H2,1-3H3. The van der Waals surface area contributed by atoms with E-state index in [0.29, 0.717) is 30.7 Å². The predicted octanol–water partition coefficient (Wildman–Crippen LogP) is 3.32. The van der Waals surface area contributed by atoms with E-state index < -0.39 is 0 Å². The topological polar surface area (TPSA) is 73.5 Å². The highest BCUT2D eigenvalue weighted by molar-refractivity contribution is 5.63. The SMILES string of the molecule is CC(C)(C)c1nc(-c2cc(OCC3=CC3)c(N3CCCOC3)cn2)no1. The van der Waals surface area contributed by atoms with Crippen molar-refractivity contribution in [1.29, 1.82) is 0 Å². The second-order valence-electron chi connectivity index (χ2n) is 7.72. The maximum absolute atomic E-state index is 6.06. The Hall–Kier alpha value is -2.41. The van der Waals surface area contributed by atoms with Crippen molar-refractivity contribution < 1.29 is 14.0 Å². The molecule has 0 amide bonds. The van der Waals surface area contributed by atoms with E-state index in [4.69, 9.17) is 14.0 Å². The predicted molar refractivity (Wildman–Crippen MR) is 97.2 cm³/mol. The fourth-order valence-electron chi connectivity index (χ4n) is 2.68. The van der Waals surface area contributed by atoms with Crippen LogP contribution in [0.3, 0.4) is 0 Å². The minimum atomic E-state index is -0.200. The number of hydrogen-bond donors (Lipinski definition) is 0. The number of aromatic nitrogens is 3. The van der Waals surface area contributed by atoms with Crippen molar-refractivity contribution >= 4 is 5.69 Å². The minimum absolute atomic E-state index is 0.200. The van der Waals surface area contributed by atoms with Gasteiger partial charge in [-0.3, -0.25) is 4.98 Å². The van der Waals surface area contributed by atoms with E-state index in [9.17, 15) is 0 Å². The Bertz CT molecular complexity index is 816. The molecule has 0 radical (unpaired) electrons. The summed E-state index contributed by atoms with van der Waals surface area (Å²) in [5.74, 6) is 1.84. The molecule has 0 spiro atoms. The van der Waals surface area contributed by atoms with Gasteiger partial charge in [0.2, 0.25) is 11.7 Å². The van der Waals surface area contributed by atoms with Gasteiger partial charge in [-0.15, -0.1) is 0 Å². The summed E-state index contributed by atoms with van der Waals surface area (Å²) in [6, 6.07) is 1.89. The van der Waals surface area contributed by atoms with Crippen LogP contribution in [-0.2, 0) is 10.2 Å². The first-order chi connectivity index (χ1) is 12.5. The van der Waals surface area contributed by atoms with Crippen LogP contribution in [0.25, 0.3) is 11.5 Å². The first-order valence-electron chi connectivity index (χ1n) is 8.99. The van der Waals surface area contributed by atoms with Crippen LogP contribution in [0.15, 0.2) is 28.4 Å². The maximum Gasteiger partial charge on any atom is 0.232 e. The van der Waals surface area contributed by atoms with E-state index in [1.807, 2.05) is 33.0 Å². The molecule has 0 aromatic carbocycles. The van der Waals surface area contributed by atoms with E-state index in [0.717, 1.165) is 37.4 Å². The molecule has 7 heteroatoms. The fraction of sp³-hybridized carbons (Fsp3) is 0.526. The summed E-state index contributed by atoms with van der Waals surface area (Å²) in [4.78, 5) is 11.2. The van der Waals surface area contributed by atoms with Crippen LogP contribution >= 0.6 is 0 Å². The van der Waals surface area contributed by atoms with Crippen molar-refractivity contribution in [3.63, 3.8) is 0 Å². The Balaban J connectivity index is 1.64. The molecule has 3 heterocycles. The number of allylic oxidation sites excluding steroid dienone is 1. The van der Waals surface area contributed by atoms with Gasteiger partial charge < -0.3 is 18.9 Å². The molecule has 138 valence electrons. The highest BCUT2D eigenvalue weighted by Crippen LogP contribution is 2.33. The average molecular weight is 356 g/mol. The monoisotopic (exact) mass is 356 g/mol. The van der Waals surface area contributed by atoms with Gasteiger partial charge >= 0.3 is 0 Å². The molecule has 2 aromatic heterocycles. The minimum Gasteiger partial charge on any atom is -0.487 e. The van der Waals surface area contributed by atoms with Gasteiger partial charge in [-0.2, -0.15) is 4.98 Å². The van der Waals surface area contributed by atoms with Crippen molar-refractivity contribution in [3.05, 3.63) is 29.8 Å². The third-order valence-corrected chi connectivity index (χ3v) is 4.35. The maximum atomic E-state index is 6.06. The van der Waals surface area contributed by atoms with Gasteiger partial charge in [0.25, 0.3) is 0 Å². The molecule has 0 bridgehead atoms. The summed E-state index contributed by atoms with van der Waals surface area (Å²) in [5.41, 5.74) is 2.70. The summed E-state index contributed by atoms with van der Waals surface area (Å²) in [6.45, 7) is 8.99. The van der Waals surface area contributed by atoms with Crippen molar-refractivity contribution in [2.45, 2.75) is 39.0 Å². The van der Waals surface area contributed by atoms with Crippen LogP contribution in [0.5, 0.6) is 5.75 Å². The van der Waals surface area contributed by atoms with Gasteiger partial charge in [-0.25, -0.2) is 0 Å². The number of anilines is 1. The fourth-order valence-corrected chi connectivity index (χ4v) is 2.68. The highest BCUT2D eigenvalue weighted by Gasteiger charge is 2.24. The normalized spacial score (nSPS) is 17.2. The van der Waals surface area contributed by atoms with Gasteiger partial charge in [0.05, 0.1) is 18.5 Å². The van der Waals surface area contributed by atoms with Gasteiger partial charge in [0, 0.05) is 18.0 Å². The molecule has 0 atom stereocenters. The molecule has 1 aliphatic carbocycles. The summed E-state index contributed by atoms with van der Waals surface area (Å²) < 4.78 is 17.0. The van der Waals surface area contributed by atoms with Crippen LogP contribution in [0.4, 0.5) is 5.69 Å². The quantitative estimate of drug-likeness (QED) is 0.761. The lowest BCUT2D eigenvalue weighted by molar-refractivity contribution is 0.106. The Morgan fingerprint density at radius 2 is 2.15 bits per heavy atom. The summed E-state index contributed by atoms with van der Waals surface area (Å²) in [5, 5.41) is 4.09. The molecule has 0 N–H and O–H groups in total. The Morgan fingerprint density at radius 1 is 1.31 bits per heavy atom. The molecular formula is C19H24N4O3. The first-order valence-corrected chi connectivity index (χ1v) is 8.99. The molecule has 1 aliphatic heterocycles. The molecule has 7 nitrogen and oxygen atoms in total. The second kappa shape index (κ2) is 6.72. The lowest BCUT2D eigenvalue weighted by Gasteiger charge is -2.29. The smallest absolute Gasteiger partial charge is 0.232 e. The second-order valence-corrected chi connectivity index (χ2v) is 7.72. The van der Waals surface area contributed by atoms with Crippen LogP contribution in [0, 0.1) is 0 Å². The molecule has 26 heavy (non-hydrogen) atoms. The molecular weight excluding hydrogens is 332 g/mol. The number of hydrogen-bond acceptors (Lipinski definition) is 7.